The molecule has 0 radical (unpaired) electrons. The molecular weight excluding hydrogens is 332 g/mol. The number of aliphatic hydroxyl groups excluding tert-OH is 1. The second kappa shape index (κ2) is 7.24. The average Bonchev–Trinajstić information content (AvgIpc) is 2.47. The second-order valence-electron chi connectivity index (χ2n) is 4.70. The van der Waals surface area contributed by atoms with E-state index in [0.717, 1.165) is 27.0 Å². The molecule has 21 heavy (non-hydrogen) atoms. The van der Waals surface area contributed by atoms with Crippen molar-refractivity contribution in [1.82, 2.24) is 0 Å². The first-order chi connectivity index (χ1) is 10.1. The molecule has 0 saturated heterocycles. The van der Waals surface area contributed by atoms with E-state index in [9.17, 15) is 4.79 Å². The fourth-order valence-corrected chi connectivity index (χ4v) is 2.28. The van der Waals surface area contributed by atoms with Gasteiger partial charge in [0, 0.05) is 17.9 Å². The fourth-order valence-electron chi connectivity index (χ4n) is 1.92. The average molecular weight is 349 g/mol. The molecule has 0 aliphatic heterocycles. The van der Waals surface area contributed by atoms with E-state index in [1.807, 2.05) is 42.5 Å². The van der Waals surface area contributed by atoms with Gasteiger partial charge in [0.25, 0.3) is 0 Å². The highest BCUT2D eigenvalue weighted by molar-refractivity contribution is 9.10. The molecule has 0 spiro atoms. The Hall–Kier alpha value is -1.85. The molecule has 0 aliphatic carbocycles. The molecular formula is C16H17BrN2O2. The molecule has 110 valence electrons. The van der Waals surface area contributed by atoms with Crippen LogP contribution in [-0.2, 0) is 17.9 Å². The van der Waals surface area contributed by atoms with E-state index in [0.29, 0.717) is 6.54 Å². The highest BCUT2D eigenvalue weighted by atomic mass is 79.9. The number of benzene rings is 2. The number of anilines is 2. The van der Waals surface area contributed by atoms with Crippen molar-refractivity contribution in [3.63, 3.8) is 0 Å². The van der Waals surface area contributed by atoms with Crippen molar-refractivity contribution in [2.75, 3.05) is 10.6 Å². The lowest BCUT2D eigenvalue weighted by Gasteiger charge is -2.13. The second-order valence-corrected chi connectivity index (χ2v) is 5.61. The Morgan fingerprint density at radius 3 is 2.38 bits per heavy atom. The first-order valence-electron chi connectivity index (χ1n) is 6.58. The van der Waals surface area contributed by atoms with Crippen molar-refractivity contribution in [2.24, 2.45) is 0 Å². The van der Waals surface area contributed by atoms with Crippen LogP contribution in [0.2, 0.25) is 0 Å². The third-order valence-corrected chi connectivity index (χ3v) is 3.47. The van der Waals surface area contributed by atoms with Gasteiger partial charge in [-0.3, -0.25) is 4.79 Å². The summed E-state index contributed by atoms with van der Waals surface area (Å²) in [6.45, 7) is 2.17. The summed E-state index contributed by atoms with van der Waals surface area (Å²) in [5.41, 5.74) is 3.59. The summed E-state index contributed by atoms with van der Waals surface area (Å²) in [4.78, 5) is 11.2. The Labute approximate surface area is 132 Å². The summed E-state index contributed by atoms with van der Waals surface area (Å²) >= 11 is 3.43. The van der Waals surface area contributed by atoms with E-state index < -0.39 is 0 Å². The molecule has 0 aromatic heterocycles. The fraction of sp³-hybridized carbons (Fsp3) is 0.188. The van der Waals surface area contributed by atoms with Crippen molar-refractivity contribution >= 4 is 33.2 Å². The van der Waals surface area contributed by atoms with E-state index >= 15 is 0 Å². The van der Waals surface area contributed by atoms with Gasteiger partial charge in [0.1, 0.15) is 0 Å². The molecule has 5 heteroatoms. The van der Waals surface area contributed by atoms with Crippen molar-refractivity contribution in [3.8, 4) is 0 Å². The predicted molar refractivity (Wildman–Crippen MR) is 88.1 cm³/mol. The Morgan fingerprint density at radius 2 is 1.76 bits per heavy atom. The van der Waals surface area contributed by atoms with Crippen LogP contribution in [0.1, 0.15) is 18.1 Å². The SMILES string of the molecule is CC(=O)Nc1ccc(Br)cc1NCc1ccc(CO)cc1. The van der Waals surface area contributed by atoms with Gasteiger partial charge >= 0.3 is 0 Å². The number of aliphatic hydroxyl groups is 1. The zero-order chi connectivity index (χ0) is 15.2. The van der Waals surface area contributed by atoms with Crippen molar-refractivity contribution in [1.29, 1.82) is 0 Å². The molecule has 0 bridgehead atoms. The van der Waals surface area contributed by atoms with Crippen LogP contribution in [0, 0.1) is 0 Å². The van der Waals surface area contributed by atoms with E-state index in [1.54, 1.807) is 0 Å². The minimum atomic E-state index is -0.104. The standard InChI is InChI=1S/C16H17BrN2O2/c1-11(21)19-15-7-6-14(17)8-16(15)18-9-12-2-4-13(10-20)5-3-12/h2-8,18,20H,9-10H2,1H3,(H,19,21). The van der Waals surface area contributed by atoms with Crippen molar-refractivity contribution in [3.05, 3.63) is 58.1 Å². The van der Waals surface area contributed by atoms with Crippen LogP contribution in [0.25, 0.3) is 0 Å². The number of carbonyl (C=O) groups excluding carboxylic acids is 1. The van der Waals surface area contributed by atoms with Crippen LogP contribution in [0.15, 0.2) is 46.9 Å². The lowest BCUT2D eigenvalue weighted by atomic mass is 10.1. The van der Waals surface area contributed by atoms with Gasteiger partial charge in [0.05, 0.1) is 18.0 Å². The number of hydrogen-bond acceptors (Lipinski definition) is 3. The largest absolute Gasteiger partial charge is 0.392 e. The highest BCUT2D eigenvalue weighted by Gasteiger charge is 2.05. The molecule has 2 aromatic rings. The smallest absolute Gasteiger partial charge is 0.221 e. The number of carbonyl (C=O) groups is 1. The van der Waals surface area contributed by atoms with Gasteiger partial charge in [0.15, 0.2) is 0 Å². The highest BCUT2D eigenvalue weighted by Crippen LogP contribution is 2.26. The molecule has 0 heterocycles. The molecule has 2 rings (SSSR count). The number of amides is 1. The van der Waals surface area contributed by atoms with Gasteiger partial charge < -0.3 is 15.7 Å². The Balaban J connectivity index is 2.10. The maximum absolute atomic E-state index is 11.2. The number of rotatable bonds is 5. The van der Waals surface area contributed by atoms with Gasteiger partial charge in [-0.25, -0.2) is 0 Å². The maximum atomic E-state index is 11.2. The van der Waals surface area contributed by atoms with Gasteiger partial charge in [-0.05, 0) is 29.3 Å². The normalized spacial score (nSPS) is 10.2. The van der Waals surface area contributed by atoms with Gasteiger partial charge in [0.2, 0.25) is 5.91 Å². The van der Waals surface area contributed by atoms with Crippen LogP contribution < -0.4 is 10.6 Å². The zero-order valence-electron chi connectivity index (χ0n) is 11.7. The minimum Gasteiger partial charge on any atom is -0.392 e. The molecule has 0 atom stereocenters. The Bertz CT molecular complexity index is 627. The molecule has 4 nitrogen and oxygen atoms in total. The molecule has 1 amide bonds. The van der Waals surface area contributed by atoms with Gasteiger partial charge in [-0.1, -0.05) is 40.2 Å². The quantitative estimate of drug-likeness (QED) is 0.774. The van der Waals surface area contributed by atoms with Crippen LogP contribution in [0.5, 0.6) is 0 Å². The van der Waals surface area contributed by atoms with Crippen molar-refractivity contribution < 1.29 is 9.90 Å². The van der Waals surface area contributed by atoms with Gasteiger partial charge in [-0.15, -0.1) is 0 Å². The summed E-state index contributed by atoms with van der Waals surface area (Å²) in [5, 5.41) is 15.1. The predicted octanol–water partition coefficient (Wildman–Crippen LogP) is 3.51. The lowest BCUT2D eigenvalue weighted by Crippen LogP contribution is -2.09. The Kier molecular flexibility index (Phi) is 5.36. The molecule has 3 N–H and O–H groups in total. The molecule has 0 fully saturated rings. The molecule has 0 aliphatic rings. The minimum absolute atomic E-state index is 0.0476. The summed E-state index contributed by atoms with van der Waals surface area (Å²) in [6, 6.07) is 13.4. The van der Waals surface area contributed by atoms with Crippen molar-refractivity contribution in [2.45, 2.75) is 20.1 Å². The first-order valence-corrected chi connectivity index (χ1v) is 7.37. The monoisotopic (exact) mass is 348 g/mol. The zero-order valence-corrected chi connectivity index (χ0v) is 13.3. The first kappa shape index (κ1) is 15.5. The molecule has 0 unspecified atom stereocenters. The van der Waals surface area contributed by atoms with E-state index in [4.69, 9.17) is 5.11 Å². The summed E-state index contributed by atoms with van der Waals surface area (Å²) in [6.07, 6.45) is 0. The van der Waals surface area contributed by atoms with Gasteiger partial charge in [-0.2, -0.15) is 0 Å². The number of halogens is 1. The summed E-state index contributed by atoms with van der Waals surface area (Å²) in [5.74, 6) is -0.104. The van der Waals surface area contributed by atoms with E-state index in [1.165, 1.54) is 6.92 Å². The maximum Gasteiger partial charge on any atom is 0.221 e. The van der Waals surface area contributed by atoms with Crippen LogP contribution in [0.4, 0.5) is 11.4 Å². The third-order valence-electron chi connectivity index (χ3n) is 2.98. The van der Waals surface area contributed by atoms with Crippen LogP contribution in [0.3, 0.4) is 0 Å². The van der Waals surface area contributed by atoms with Crippen LogP contribution >= 0.6 is 15.9 Å². The Morgan fingerprint density at radius 1 is 1.10 bits per heavy atom. The molecule has 2 aromatic carbocycles. The summed E-state index contributed by atoms with van der Waals surface area (Å²) < 4.78 is 0.940. The van der Waals surface area contributed by atoms with E-state index in [-0.39, 0.29) is 12.5 Å². The van der Waals surface area contributed by atoms with E-state index in [2.05, 4.69) is 26.6 Å². The third kappa shape index (κ3) is 4.58. The number of nitrogens with one attached hydrogen (secondary N) is 2. The topological polar surface area (TPSA) is 61.4 Å². The number of hydrogen-bond donors (Lipinski definition) is 3. The summed E-state index contributed by atoms with van der Waals surface area (Å²) in [7, 11) is 0. The van der Waals surface area contributed by atoms with Crippen LogP contribution in [-0.4, -0.2) is 11.0 Å². The lowest BCUT2D eigenvalue weighted by molar-refractivity contribution is -0.114. The molecule has 0 saturated carbocycles.